The highest BCUT2D eigenvalue weighted by atomic mass is 16.5. The van der Waals surface area contributed by atoms with E-state index in [0.29, 0.717) is 6.54 Å². The molecule has 0 fully saturated rings. The number of aromatic nitrogens is 2. The second kappa shape index (κ2) is 10.2. The van der Waals surface area contributed by atoms with Gasteiger partial charge >= 0.3 is 0 Å². The maximum atomic E-state index is 5.06. The molecule has 0 amide bonds. The van der Waals surface area contributed by atoms with Crippen LogP contribution in [0.3, 0.4) is 0 Å². The first-order valence-corrected chi connectivity index (χ1v) is 7.34. The Labute approximate surface area is 127 Å². The molecule has 21 heavy (non-hydrogen) atoms. The summed E-state index contributed by atoms with van der Waals surface area (Å²) in [5.41, 5.74) is 1.09. The molecule has 7 nitrogen and oxygen atoms in total. The number of guanidine groups is 1. The molecular formula is C14H28N6O. The molecule has 1 rings (SSSR count). The summed E-state index contributed by atoms with van der Waals surface area (Å²) in [4.78, 5) is 6.79. The molecule has 0 aliphatic heterocycles. The van der Waals surface area contributed by atoms with Gasteiger partial charge in [-0.05, 0) is 20.0 Å². The zero-order valence-corrected chi connectivity index (χ0v) is 13.6. The summed E-state index contributed by atoms with van der Waals surface area (Å²) in [7, 11) is 5.73. The van der Waals surface area contributed by atoms with Gasteiger partial charge in [-0.25, -0.2) is 4.99 Å². The number of hydrogen-bond acceptors (Lipinski definition) is 4. The molecule has 0 aromatic carbocycles. The number of aryl methyl sites for hydroxylation is 1. The lowest BCUT2D eigenvalue weighted by Gasteiger charge is -2.17. The minimum Gasteiger partial charge on any atom is -0.383 e. The van der Waals surface area contributed by atoms with E-state index in [1.54, 1.807) is 13.3 Å². The third-order valence-electron chi connectivity index (χ3n) is 3.13. The largest absolute Gasteiger partial charge is 0.383 e. The van der Waals surface area contributed by atoms with Crippen LogP contribution in [-0.4, -0.2) is 67.6 Å². The number of aliphatic imine (C=N–C) groups is 1. The maximum Gasteiger partial charge on any atom is 0.191 e. The fourth-order valence-electron chi connectivity index (χ4n) is 1.78. The number of methoxy groups -OCH3 is 1. The van der Waals surface area contributed by atoms with Crippen molar-refractivity contribution in [2.45, 2.75) is 13.5 Å². The highest BCUT2D eigenvalue weighted by molar-refractivity contribution is 5.79. The van der Waals surface area contributed by atoms with Crippen LogP contribution in [0.5, 0.6) is 0 Å². The topological polar surface area (TPSA) is 66.7 Å². The zero-order valence-electron chi connectivity index (χ0n) is 13.6. The van der Waals surface area contributed by atoms with E-state index in [-0.39, 0.29) is 0 Å². The summed E-state index contributed by atoms with van der Waals surface area (Å²) in [6, 6.07) is 1.98. The van der Waals surface area contributed by atoms with E-state index < -0.39 is 0 Å². The summed E-state index contributed by atoms with van der Waals surface area (Å²) in [5, 5.41) is 10.7. The van der Waals surface area contributed by atoms with Crippen molar-refractivity contribution >= 4 is 5.96 Å². The van der Waals surface area contributed by atoms with Crippen molar-refractivity contribution in [2.24, 2.45) is 12.0 Å². The molecule has 1 heterocycles. The Bertz CT molecular complexity index is 417. The highest BCUT2D eigenvalue weighted by Crippen LogP contribution is 1.97. The van der Waals surface area contributed by atoms with Crippen LogP contribution in [0.15, 0.2) is 17.3 Å². The molecule has 2 N–H and O–H groups in total. The first-order valence-electron chi connectivity index (χ1n) is 7.34. The molecule has 0 aliphatic rings. The van der Waals surface area contributed by atoms with Crippen molar-refractivity contribution in [3.05, 3.63) is 18.0 Å². The minimum atomic E-state index is 0.616. The van der Waals surface area contributed by atoms with Crippen molar-refractivity contribution in [3.8, 4) is 0 Å². The summed E-state index contributed by atoms with van der Waals surface area (Å²) in [6.45, 7) is 7.00. The van der Waals surface area contributed by atoms with Crippen LogP contribution in [0.25, 0.3) is 0 Å². The van der Waals surface area contributed by atoms with Crippen LogP contribution in [0.1, 0.15) is 12.6 Å². The number of nitrogens with zero attached hydrogens (tertiary/aromatic N) is 4. The fraction of sp³-hybridized carbons (Fsp3) is 0.714. The molecule has 120 valence electrons. The van der Waals surface area contributed by atoms with Gasteiger partial charge in [0.15, 0.2) is 5.96 Å². The van der Waals surface area contributed by atoms with Crippen molar-refractivity contribution in [2.75, 3.05) is 46.9 Å². The number of nitrogens with one attached hydrogen (secondary N) is 2. The van der Waals surface area contributed by atoms with E-state index in [2.05, 4.69) is 39.6 Å². The van der Waals surface area contributed by atoms with Crippen molar-refractivity contribution in [1.82, 2.24) is 25.3 Å². The SMILES string of the molecule is CCNC(=NCc1ccnn1C)NCCN(C)CCOC. The summed E-state index contributed by atoms with van der Waals surface area (Å²) in [5.74, 6) is 0.832. The molecule has 1 aromatic heterocycles. The number of likely N-dealkylation sites (N-methyl/N-ethyl adjacent to an activating group) is 1. The average Bonchev–Trinajstić information content (AvgIpc) is 2.88. The fourth-order valence-corrected chi connectivity index (χ4v) is 1.78. The second-order valence-corrected chi connectivity index (χ2v) is 4.86. The predicted molar refractivity (Wildman–Crippen MR) is 85.4 cm³/mol. The van der Waals surface area contributed by atoms with Gasteiger partial charge in [-0.2, -0.15) is 5.10 Å². The van der Waals surface area contributed by atoms with Crippen LogP contribution in [0.4, 0.5) is 0 Å². The summed E-state index contributed by atoms with van der Waals surface area (Å²) >= 11 is 0. The summed E-state index contributed by atoms with van der Waals surface area (Å²) < 4.78 is 6.90. The monoisotopic (exact) mass is 296 g/mol. The Balaban J connectivity index is 2.37. The van der Waals surface area contributed by atoms with Crippen molar-refractivity contribution < 1.29 is 4.74 Å². The van der Waals surface area contributed by atoms with E-state index in [0.717, 1.165) is 44.4 Å². The molecule has 7 heteroatoms. The molecule has 0 atom stereocenters. The van der Waals surface area contributed by atoms with Gasteiger partial charge in [-0.1, -0.05) is 0 Å². The quantitative estimate of drug-likeness (QED) is 0.498. The van der Waals surface area contributed by atoms with E-state index in [1.807, 2.05) is 17.8 Å². The average molecular weight is 296 g/mol. The molecule has 1 aromatic rings. The van der Waals surface area contributed by atoms with Crippen LogP contribution in [0, 0.1) is 0 Å². The molecule has 0 aliphatic carbocycles. The van der Waals surface area contributed by atoms with Crippen molar-refractivity contribution in [1.29, 1.82) is 0 Å². The lowest BCUT2D eigenvalue weighted by molar-refractivity contribution is 0.162. The normalized spacial score (nSPS) is 12.0. The van der Waals surface area contributed by atoms with Crippen LogP contribution in [0.2, 0.25) is 0 Å². The van der Waals surface area contributed by atoms with Gasteiger partial charge in [0.1, 0.15) is 0 Å². The molecule has 0 saturated heterocycles. The lowest BCUT2D eigenvalue weighted by Crippen LogP contribution is -2.41. The van der Waals surface area contributed by atoms with Crippen LogP contribution < -0.4 is 10.6 Å². The van der Waals surface area contributed by atoms with Gasteiger partial charge < -0.3 is 20.3 Å². The number of ether oxygens (including phenoxy) is 1. The van der Waals surface area contributed by atoms with E-state index in [4.69, 9.17) is 4.74 Å². The Hall–Kier alpha value is -1.60. The Morgan fingerprint density at radius 2 is 2.24 bits per heavy atom. The zero-order chi connectivity index (χ0) is 15.5. The minimum absolute atomic E-state index is 0.616. The molecule has 0 radical (unpaired) electrons. The van der Waals surface area contributed by atoms with Gasteiger partial charge in [0.05, 0.1) is 18.8 Å². The van der Waals surface area contributed by atoms with Gasteiger partial charge in [-0.3, -0.25) is 4.68 Å². The predicted octanol–water partition coefficient (Wildman–Crippen LogP) is 0.0534. The Kier molecular flexibility index (Phi) is 8.45. The Morgan fingerprint density at radius 3 is 2.86 bits per heavy atom. The molecular weight excluding hydrogens is 268 g/mol. The van der Waals surface area contributed by atoms with E-state index in [1.165, 1.54) is 0 Å². The molecule has 0 spiro atoms. The first kappa shape index (κ1) is 17.5. The van der Waals surface area contributed by atoms with Crippen LogP contribution >= 0.6 is 0 Å². The number of hydrogen-bond donors (Lipinski definition) is 2. The van der Waals surface area contributed by atoms with Gasteiger partial charge in [0, 0.05) is 46.5 Å². The Morgan fingerprint density at radius 1 is 1.43 bits per heavy atom. The highest BCUT2D eigenvalue weighted by Gasteiger charge is 2.01. The summed E-state index contributed by atoms with van der Waals surface area (Å²) in [6.07, 6.45) is 1.79. The molecule has 0 unspecified atom stereocenters. The molecule has 0 bridgehead atoms. The van der Waals surface area contributed by atoms with E-state index >= 15 is 0 Å². The molecule has 0 saturated carbocycles. The maximum absolute atomic E-state index is 5.06. The standard InChI is InChI=1S/C14H28N6O/c1-5-15-14(16-8-9-19(2)10-11-21-4)17-12-13-6-7-18-20(13)3/h6-7H,5,8-12H2,1-4H3,(H2,15,16,17). The second-order valence-electron chi connectivity index (χ2n) is 4.86. The van der Waals surface area contributed by atoms with E-state index in [9.17, 15) is 0 Å². The number of rotatable bonds is 9. The third kappa shape index (κ3) is 7.10. The third-order valence-corrected chi connectivity index (χ3v) is 3.13. The van der Waals surface area contributed by atoms with Crippen LogP contribution in [-0.2, 0) is 18.3 Å². The first-order chi connectivity index (χ1) is 10.2. The van der Waals surface area contributed by atoms with Crippen molar-refractivity contribution in [3.63, 3.8) is 0 Å². The lowest BCUT2D eigenvalue weighted by atomic mass is 10.4. The van der Waals surface area contributed by atoms with Gasteiger partial charge in [0.25, 0.3) is 0 Å². The van der Waals surface area contributed by atoms with Gasteiger partial charge in [-0.15, -0.1) is 0 Å². The van der Waals surface area contributed by atoms with Gasteiger partial charge in [0.2, 0.25) is 0 Å². The smallest absolute Gasteiger partial charge is 0.191 e.